The molecule has 0 bridgehead atoms. The Morgan fingerprint density at radius 3 is 3.00 bits per heavy atom. The van der Waals surface area contributed by atoms with Crippen LogP contribution in [0.25, 0.3) is 5.65 Å². The first-order chi connectivity index (χ1) is 7.68. The lowest BCUT2D eigenvalue weighted by Gasteiger charge is -2.31. The lowest BCUT2D eigenvalue weighted by atomic mass is 9.72. The fourth-order valence-electron chi connectivity index (χ4n) is 2.29. The van der Waals surface area contributed by atoms with Gasteiger partial charge in [0.05, 0.1) is 5.69 Å². The molecule has 2 unspecified atom stereocenters. The number of aromatic nitrogens is 2. The van der Waals surface area contributed by atoms with Crippen LogP contribution in [0.4, 0.5) is 0 Å². The van der Waals surface area contributed by atoms with Crippen molar-refractivity contribution in [1.29, 1.82) is 0 Å². The molecular weight excluding hydrogens is 224 g/mol. The van der Waals surface area contributed by atoms with Crippen LogP contribution in [-0.4, -0.2) is 15.2 Å². The maximum atomic E-state index is 11.3. The van der Waals surface area contributed by atoms with Crippen LogP contribution in [-0.2, 0) is 4.79 Å². The summed E-state index contributed by atoms with van der Waals surface area (Å²) in [6, 6.07) is 5.79. The number of hydrogen-bond donors (Lipinski definition) is 0. The molecule has 82 valence electrons. The van der Waals surface area contributed by atoms with Gasteiger partial charge in [0.1, 0.15) is 11.4 Å². The SMILES string of the molecule is CC1C(=O)CC1c1c(Cl)nc2ccccn12. The highest BCUT2D eigenvalue weighted by Gasteiger charge is 2.40. The lowest BCUT2D eigenvalue weighted by molar-refractivity contribution is -0.130. The Morgan fingerprint density at radius 1 is 1.50 bits per heavy atom. The number of fused-ring (bicyclic) bond motifs is 1. The second-order valence-electron chi connectivity index (χ2n) is 4.28. The number of ketones is 1. The monoisotopic (exact) mass is 234 g/mol. The molecule has 3 rings (SSSR count). The summed E-state index contributed by atoms with van der Waals surface area (Å²) in [7, 11) is 0. The summed E-state index contributed by atoms with van der Waals surface area (Å²) >= 11 is 6.14. The van der Waals surface area contributed by atoms with Crippen molar-refractivity contribution in [3.05, 3.63) is 35.2 Å². The molecule has 1 aliphatic carbocycles. The van der Waals surface area contributed by atoms with E-state index in [1.54, 1.807) is 0 Å². The fourth-order valence-corrected chi connectivity index (χ4v) is 2.61. The van der Waals surface area contributed by atoms with Gasteiger partial charge >= 0.3 is 0 Å². The van der Waals surface area contributed by atoms with Gasteiger partial charge in [-0.25, -0.2) is 4.98 Å². The molecule has 0 radical (unpaired) electrons. The van der Waals surface area contributed by atoms with Gasteiger partial charge in [-0.3, -0.25) is 4.79 Å². The van der Waals surface area contributed by atoms with E-state index in [1.165, 1.54) is 0 Å². The van der Waals surface area contributed by atoms with Crippen LogP contribution in [0.5, 0.6) is 0 Å². The summed E-state index contributed by atoms with van der Waals surface area (Å²) < 4.78 is 1.98. The minimum Gasteiger partial charge on any atom is -0.302 e. The van der Waals surface area contributed by atoms with Crippen LogP contribution in [0, 0.1) is 5.92 Å². The number of carbonyl (C=O) groups is 1. The van der Waals surface area contributed by atoms with E-state index in [-0.39, 0.29) is 11.8 Å². The quantitative estimate of drug-likeness (QED) is 0.760. The van der Waals surface area contributed by atoms with E-state index in [2.05, 4.69) is 4.98 Å². The zero-order chi connectivity index (χ0) is 11.3. The molecular formula is C12H11ClN2O. The highest BCUT2D eigenvalue weighted by atomic mass is 35.5. The van der Waals surface area contributed by atoms with Crippen molar-refractivity contribution >= 4 is 23.0 Å². The predicted molar refractivity (Wildman–Crippen MR) is 61.7 cm³/mol. The molecule has 3 nitrogen and oxygen atoms in total. The molecule has 0 amide bonds. The molecule has 1 saturated carbocycles. The fraction of sp³-hybridized carbons (Fsp3) is 0.333. The second kappa shape index (κ2) is 3.32. The third kappa shape index (κ3) is 1.21. The van der Waals surface area contributed by atoms with Crippen LogP contribution < -0.4 is 0 Å². The molecule has 2 aromatic heterocycles. The van der Waals surface area contributed by atoms with Gasteiger partial charge in [-0.1, -0.05) is 24.6 Å². The summed E-state index contributed by atoms with van der Waals surface area (Å²) in [5.74, 6) is 0.599. The number of pyridine rings is 1. The zero-order valence-corrected chi connectivity index (χ0v) is 9.61. The van der Waals surface area contributed by atoms with Crippen LogP contribution in [0.1, 0.15) is 25.0 Å². The molecule has 1 fully saturated rings. The predicted octanol–water partition coefficient (Wildman–Crippen LogP) is 2.68. The van der Waals surface area contributed by atoms with Crippen molar-refractivity contribution in [3.63, 3.8) is 0 Å². The molecule has 2 heterocycles. The third-order valence-electron chi connectivity index (χ3n) is 3.41. The minimum atomic E-state index is 0.0672. The summed E-state index contributed by atoms with van der Waals surface area (Å²) in [6.07, 6.45) is 2.53. The highest BCUT2D eigenvalue weighted by Crippen LogP contribution is 2.42. The van der Waals surface area contributed by atoms with Gasteiger partial charge in [-0.15, -0.1) is 0 Å². The van der Waals surface area contributed by atoms with Crippen molar-refractivity contribution in [1.82, 2.24) is 9.38 Å². The van der Waals surface area contributed by atoms with Crippen LogP contribution in [0.15, 0.2) is 24.4 Å². The van der Waals surface area contributed by atoms with E-state index in [9.17, 15) is 4.79 Å². The Hall–Kier alpha value is -1.35. The van der Waals surface area contributed by atoms with E-state index in [1.807, 2.05) is 35.7 Å². The topological polar surface area (TPSA) is 34.4 Å². The summed E-state index contributed by atoms with van der Waals surface area (Å²) in [6.45, 7) is 1.95. The average molecular weight is 235 g/mol. The minimum absolute atomic E-state index is 0.0672. The molecule has 4 heteroatoms. The van der Waals surface area contributed by atoms with E-state index in [4.69, 9.17) is 11.6 Å². The van der Waals surface area contributed by atoms with Gasteiger partial charge in [0.2, 0.25) is 0 Å². The van der Waals surface area contributed by atoms with Crippen LogP contribution in [0.2, 0.25) is 5.15 Å². The Labute approximate surface area is 98.1 Å². The Bertz CT molecular complexity index is 575. The Morgan fingerprint density at radius 2 is 2.31 bits per heavy atom. The van der Waals surface area contributed by atoms with Crippen LogP contribution in [0.3, 0.4) is 0 Å². The number of Topliss-reactive ketones (excluding diaryl/α,β-unsaturated/α-hetero) is 1. The molecule has 0 spiro atoms. The number of hydrogen-bond acceptors (Lipinski definition) is 2. The molecule has 0 aromatic carbocycles. The molecule has 16 heavy (non-hydrogen) atoms. The maximum Gasteiger partial charge on any atom is 0.151 e. The van der Waals surface area contributed by atoms with E-state index >= 15 is 0 Å². The van der Waals surface area contributed by atoms with Crippen molar-refractivity contribution < 1.29 is 4.79 Å². The molecule has 0 saturated heterocycles. The van der Waals surface area contributed by atoms with Gasteiger partial charge < -0.3 is 4.40 Å². The van der Waals surface area contributed by atoms with Crippen molar-refractivity contribution in [2.45, 2.75) is 19.3 Å². The summed E-state index contributed by atoms with van der Waals surface area (Å²) in [4.78, 5) is 15.6. The van der Waals surface area contributed by atoms with E-state index < -0.39 is 0 Å². The molecule has 0 aliphatic heterocycles. The van der Waals surface area contributed by atoms with Gasteiger partial charge in [-0.2, -0.15) is 0 Å². The van der Waals surface area contributed by atoms with Gasteiger partial charge in [0.25, 0.3) is 0 Å². The highest BCUT2D eigenvalue weighted by molar-refractivity contribution is 6.30. The molecule has 0 N–H and O–H groups in total. The molecule has 1 aliphatic rings. The zero-order valence-electron chi connectivity index (χ0n) is 8.85. The summed E-state index contributed by atoms with van der Waals surface area (Å²) in [5.41, 5.74) is 1.82. The maximum absolute atomic E-state index is 11.3. The lowest BCUT2D eigenvalue weighted by Crippen LogP contribution is -2.33. The summed E-state index contributed by atoms with van der Waals surface area (Å²) in [5, 5.41) is 0.524. The third-order valence-corrected chi connectivity index (χ3v) is 3.68. The van der Waals surface area contributed by atoms with E-state index in [0.29, 0.717) is 17.4 Å². The van der Waals surface area contributed by atoms with Gasteiger partial charge in [0, 0.05) is 24.5 Å². The number of rotatable bonds is 1. The number of halogens is 1. The first-order valence-corrected chi connectivity index (χ1v) is 5.71. The number of imidazole rings is 1. The Balaban J connectivity index is 2.16. The molecule has 2 aromatic rings. The largest absolute Gasteiger partial charge is 0.302 e. The van der Waals surface area contributed by atoms with Gasteiger partial charge in [0.15, 0.2) is 5.15 Å². The average Bonchev–Trinajstić information content (AvgIpc) is 2.61. The van der Waals surface area contributed by atoms with Crippen LogP contribution >= 0.6 is 11.6 Å². The first kappa shape index (κ1) is 9.85. The van der Waals surface area contributed by atoms with Crippen molar-refractivity contribution in [3.8, 4) is 0 Å². The first-order valence-electron chi connectivity index (χ1n) is 5.33. The van der Waals surface area contributed by atoms with Crippen molar-refractivity contribution in [2.75, 3.05) is 0 Å². The second-order valence-corrected chi connectivity index (χ2v) is 4.64. The normalized spacial score (nSPS) is 24.8. The van der Waals surface area contributed by atoms with E-state index in [0.717, 1.165) is 11.3 Å². The van der Waals surface area contributed by atoms with Gasteiger partial charge in [-0.05, 0) is 12.1 Å². The standard InChI is InChI=1S/C12H11ClN2O/c1-7-8(6-9(7)16)11-12(13)14-10-4-2-3-5-15(10)11/h2-5,7-8H,6H2,1H3. The number of nitrogens with zero attached hydrogens (tertiary/aromatic N) is 2. The molecule has 2 atom stereocenters. The van der Waals surface area contributed by atoms with Crippen molar-refractivity contribution in [2.24, 2.45) is 5.92 Å². The smallest absolute Gasteiger partial charge is 0.151 e. The Kier molecular flexibility index (Phi) is 2.04. The number of carbonyl (C=O) groups excluding carboxylic acids is 1.